The molecule has 0 aliphatic rings. The maximum absolute atomic E-state index is 12.6. The van der Waals surface area contributed by atoms with Gasteiger partial charge in [-0.25, -0.2) is 4.79 Å². The van der Waals surface area contributed by atoms with Gasteiger partial charge in [-0.05, 0) is 17.7 Å². The fourth-order valence-electron chi connectivity index (χ4n) is 2.34. The molecule has 0 radical (unpaired) electrons. The molecule has 5 nitrogen and oxygen atoms in total. The molecular weight excluding hydrogens is 318 g/mol. The molecule has 1 atom stereocenters. The lowest BCUT2D eigenvalue weighted by Crippen LogP contribution is -2.31. The molecule has 25 heavy (non-hydrogen) atoms. The molecule has 2 aromatic carbocycles. The first-order valence-electron chi connectivity index (χ1n) is 7.85. The summed E-state index contributed by atoms with van der Waals surface area (Å²) in [6.45, 7) is 0.349. The minimum Gasteiger partial charge on any atom is -0.457 e. The molecular formula is C20H17NO4. The second kappa shape index (κ2) is 7.97. The van der Waals surface area contributed by atoms with Gasteiger partial charge >= 0.3 is 5.97 Å². The van der Waals surface area contributed by atoms with Gasteiger partial charge in [0, 0.05) is 12.1 Å². The van der Waals surface area contributed by atoms with E-state index in [2.05, 4.69) is 5.32 Å². The second-order valence-electron chi connectivity index (χ2n) is 5.38. The third-order valence-corrected chi connectivity index (χ3v) is 3.60. The van der Waals surface area contributed by atoms with Crippen molar-refractivity contribution < 1.29 is 18.7 Å². The topological polar surface area (TPSA) is 68.5 Å². The number of carbonyl (C=O) groups excluding carboxylic acids is 2. The summed E-state index contributed by atoms with van der Waals surface area (Å²) in [5.41, 5.74) is 1.55. The Labute approximate surface area is 145 Å². The predicted octanol–water partition coefficient (Wildman–Crippen LogP) is 3.49. The van der Waals surface area contributed by atoms with Crippen LogP contribution in [0.3, 0.4) is 0 Å². The summed E-state index contributed by atoms with van der Waals surface area (Å²) in [6, 6.07) is 21.5. The summed E-state index contributed by atoms with van der Waals surface area (Å²) in [5, 5.41) is 2.80. The molecule has 0 spiro atoms. The summed E-state index contributed by atoms with van der Waals surface area (Å²) >= 11 is 0. The highest BCUT2D eigenvalue weighted by Gasteiger charge is 2.26. The summed E-state index contributed by atoms with van der Waals surface area (Å²) in [4.78, 5) is 24.8. The van der Waals surface area contributed by atoms with E-state index < -0.39 is 18.0 Å². The molecule has 0 bridgehead atoms. The normalized spacial score (nSPS) is 11.5. The zero-order valence-electron chi connectivity index (χ0n) is 13.4. The van der Waals surface area contributed by atoms with Gasteiger partial charge in [0.15, 0.2) is 0 Å². The molecule has 0 saturated heterocycles. The van der Waals surface area contributed by atoms with Crippen LogP contribution in [0.15, 0.2) is 83.5 Å². The molecule has 1 aromatic heterocycles. The van der Waals surface area contributed by atoms with Crippen LogP contribution < -0.4 is 5.32 Å². The van der Waals surface area contributed by atoms with E-state index >= 15 is 0 Å². The standard InChI is InChI=1S/C20H17NO4/c22-19(21-14-15-8-3-1-4-9-15)18(16-10-5-2-6-11-16)25-20(23)17-12-7-13-24-17/h1-13,18H,14H2,(H,21,22)/t18-/m1/s1. The molecule has 3 rings (SSSR count). The Balaban J connectivity index is 1.74. The van der Waals surface area contributed by atoms with Gasteiger partial charge in [0.25, 0.3) is 5.91 Å². The number of hydrogen-bond acceptors (Lipinski definition) is 4. The van der Waals surface area contributed by atoms with Gasteiger partial charge < -0.3 is 14.5 Å². The number of furan rings is 1. The lowest BCUT2D eigenvalue weighted by atomic mass is 10.1. The van der Waals surface area contributed by atoms with Crippen molar-refractivity contribution in [1.29, 1.82) is 0 Å². The SMILES string of the molecule is O=C(O[C@@H](C(=O)NCc1ccccc1)c1ccccc1)c1ccco1. The number of benzene rings is 2. The van der Waals surface area contributed by atoms with E-state index in [1.165, 1.54) is 12.3 Å². The maximum atomic E-state index is 12.6. The number of nitrogens with one attached hydrogen (secondary N) is 1. The van der Waals surface area contributed by atoms with E-state index in [0.29, 0.717) is 12.1 Å². The number of ether oxygens (including phenoxy) is 1. The lowest BCUT2D eigenvalue weighted by molar-refractivity contribution is -0.130. The number of esters is 1. The minimum absolute atomic E-state index is 0.0526. The van der Waals surface area contributed by atoms with Crippen molar-refractivity contribution in [2.45, 2.75) is 12.6 Å². The Kier molecular flexibility index (Phi) is 5.26. The van der Waals surface area contributed by atoms with Crippen LogP contribution in [0.1, 0.15) is 27.8 Å². The van der Waals surface area contributed by atoms with Crippen LogP contribution in [-0.2, 0) is 16.1 Å². The number of amides is 1. The quantitative estimate of drug-likeness (QED) is 0.700. The van der Waals surface area contributed by atoms with Crippen molar-refractivity contribution in [2.24, 2.45) is 0 Å². The molecule has 0 fully saturated rings. The van der Waals surface area contributed by atoms with Gasteiger partial charge in [0.1, 0.15) is 0 Å². The molecule has 126 valence electrons. The van der Waals surface area contributed by atoms with E-state index in [4.69, 9.17) is 9.15 Å². The number of hydrogen-bond donors (Lipinski definition) is 1. The monoisotopic (exact) mass is 335 g/mol. The molecule has 0 aliphatic carbocycles. The van der Waals surface area contributed by atoms with Crippen LogP contribution in [0.5, 0.6) is 0 Å². The Morgan fingerprint density at radius 1 is 0.920 bits per heavy atom. The smallest absolute Gasteiger partial charge is 0.375 e. The zero-order valence-corrected chi connectivity index (χ0v) is 13.4. The molecule has 0 unspecified atom stereocenters. The maximum Gasteiger partial charge on any atom is 0.375 e. The highest BCUT2D eigenvalue weighted by Crippen LogP contribution is 2.20. The summed E-state index contributed by atoms with van der Waals surface area (Å²) in [5.74, 6) is -1.03. The van der Waals surface area contributed by atoms with Crippen molar-refractivity contribution in [3.8, 4) is 0 Å². The number of carbonyl (C=O) groups is 2. The summed E-state index contributed by atoms with van der Waals surface area (Å²) in [6.07, 6.45) is 0.325. The van der Waals surface area contributed by atoms with E-state index in [9.17, 15) is 9.59 Å². The van der Waals surface area contributed by atoms with Crippen molar-refractivity contribution >= 4 is 11.9 Å². The van der Waals surface area contributed by atoms with Crippen molar-refractivity contribution in [2.75, 3.05) is 0 Å². The third-order valence-electron chi connectivity index (χ3n) is 3.60. The van der Waals surface area contributed by atoms with E-state index in [0.717, 1.165) is 5.56 Å². The molecule has 1 amide bonds. The first-order chi connectivity index (χ1) is 12.2. The van der Waals surface area contributed by atoms with Crippen molar-refractivity contribution in [3.05, 3.63) is 95.9 Å². The minimum atomic E-state index is -1.05. The van der Waals surface area contributed by atoms with E-state index in [1.807, 2.05) is 36.4 Å². The Hall–Kier alpha value is -3.34. The first-order valence-corrected chi connectivity index (χ1v) is 7.85. The highest BCUT2D eigenvalue weighted by atomic mass is 16.6. The fourth-order valence-corrected chi connectivity index (χ4v) is 2.34. The molecule has 3 aromatic rings. The Bertz CT molecular complexity index is 813. The Morgan fingerprint density at radius 2 is 1.60 bits per heavy atom. The highest BCUT2D eigenvalue weighted by molar-refractivity contribution is 5.90. The average Bonchev–Trinajstić information content (AvgIpc) is 3.20. The van der Waals surface area contributed by atoms with Gasteiger partial charge in [-0.2, -0.15) is 0 Å². The van der Waals surface area contributed by atoms with Gasteiger partial charge in [0.2, 0.25) is 11.9 Å². The third kappa shape index (κ3) is 4.35. The van der Waals surface area contributed by atoms with Crippen LogP contribution >= 0.6 is 0 Å². The van der Waals surface area contributed by atoms with Crippen molar-refractivity contribution in [3.63, 3.8) is 0 Å². The van der Waals surface area contributed by atoms with Crippen molar-refractivity contribution in [1.82, 2.24) is 5.32 Å². The predicted molar refractivity (Wildman–Crippen MR) is 91.6 cm³/mol. The molecule has 0 saturated carbocycles. The van der Waals surface area contributed by atoms with Gasteiger partial charge in [0.05, 0.1) is 6.26 Å². The largest absolute Gasteiger partial charge is 0.457 e. The van der Waals surface area contributed by atoms with Gasteiger partial charge in [-0.15, -0.1) is 0 Å². The molecule has 1 heterocycles. The zero-order chi connectivity index (χ0) is 17.5. The van der Waals surface area contributed by atoms with E-state index in [-0.39, 0.29) is 5.76 Å². The van der Waals surface area contributed by atoms with Crippen LogP contribution in [0.4, 0.5) is 0 Å². The molecule has 5 heteroatoms. The average molecular weight is 335 g/mol. The summed E-state index contributed by atoms with van der Waals surface area (Å²) < 4.78 is 10.4. The first kappa shape index (κ1) is 16.5. The lowest BCUT2D eigenvalue weighted by Gasteiger charge is -2.17. The summed E-state index contributed by atoms with van der Waals surface area (Å²) in [7, 11) is 0. The fraction of sp³-hybridized carbons (Fsp3) is 0.100. The van der Waals surface area contributed by atoms with Crippen LogP contribution in [0.25, 0.3) is 0 Å². The molecule has 1 N–H and O–H groups in total. The van der Waals surface area contributed by atoms with Gasteiger partial charge in [-0.3, -0.25) is 4.79 Å². The van der Waals surface area contributed by atoms with Crippen LogP contribution in [0.2, 0.25) is 0 Å². The molecule has 0 aliphatic heterocycles. The van der Waals surface area contributed by atoms with E-state index in [1.54, 1.807) is 30.3 Å². The second-order valence-corrected chi connectivity index (χ2v) is 5.38. The van der Waals surface area contributed by atoms with Crippen LogP contribution in [-0.4, -0.2) is 11.9 Å². The van der Waals surface area contributed by atoms with Crippen LogP contribution in [0, 0.1) is 0 Å². The number of rotatable bonds is 6. The Morgan fingerprint density at radius 3 is 2.24 bits per heavy atom. The van der Waals surface area contributed by atoms with Gasteiger partial charge in [-0.1, -0.05) is 60.7 Å².